The number of carbonyl (C=O) groups excluding carboxylic acids is 1. The molecule has 0 bridgehead atoms. The van der Waals surface area contributed by atoms with Gasteiger partial charge >= 0.3 is 0 Å². The molecule has 0 radical (unpaired) electrons. The highest BCUT2D eigenvalue weighted by Crippen LogP contribution is 2.37. The van der Waals surface area contributed by atoms with E-state index in [-0.39, 0.29) is 17.9 Å². The molecular formula is C22H27N3O2. The third kappa shape index (κ3) is 3.44. The van der Waals surface area contributed by atoms with Crippen LogP contribution >= 0.6 is 0 Å². The number of aromatic nitrogens is 2. The summed E-state index contributed by atoms with van der Waals surface area (Å²) < 4.78 is 7.93. The number of hydrogen-bond acceptors (Lipinski definition) is 3. The molecule has 0 unspecified atom stereocenters. The van der Waals surface area contributed by atoms with Gasteiger partial charge in [0.05, 0.1) is 11.8 Å². The van der Waals surface area contributed by atoms with Crippen LogP contribution in [-0.4, -0.2) is 28.8 Å². The summed E-state index contributed by atoms with van der Waals surface area (Å²) in [5.41, 5.74) is 6.56. The van der Waals surface area contributed by atoms with Gasteiger partial charge < -0.3 is 10.1 Å². The van der Waals surface area contributed by atoms with Gasteiger partial charge in [-0.25, -0.2) is 0 Å². The number of rotatable bonds is 4. The molecule has 1 fully saturated rings. The van der Waals surface area contributed by atoms with Crippen molar-refractivity contribution in [1.29, 1.82) is 0 Å². The normalized spacial score (nSPS) is 21.3. The van der Waals surface area contributed by atoms with Gasteiger partial charge in [0.15, 0.2) is 0 Å². The minimum Gasteiger partial charge on any atom is -0.373 e. The first-order valence-electron chi connectivity index (χ1n) is 9.74. The van der Waals surface area contributed by atoms with E-state index in [4.69, 9.17) is 4.74 Å². The van der Waals surface area contributed by atoms with E-state index in [0.29, 0.717) is 6.54 Å². The standard InChI is InChI=1S/C22H27N3O2/c1-14-20(15(2)25(3)24-14)21-19(10-11-27-21)13-23-22(26)18-9-8-16-6-4-5-7-17(16)12-18/h4,6,8-9,12,19,21H,5,7,10-11,13H2,1-3H3,(H,23,26)/t19-,21+/m0/s1. The molecule has 5 heteroatoms. The van der Waals surface area contributed by atoms with Crippen molar-refractivity contribution in [3.63, 3.8) is 0 Å². The van der Waals surface area contributed by atoms with E-state index in [1.807, 2.05) is 36.9 Å². The second-order valence-electron chi connectivity index (χ2n) is 7.61. The van der Waals surface area contributed by atoms with Crippen molar-refractivity contribution < 1.29 is 9.53 Å². The molecule has 1 aliphatic carbocycles. The molecular weight excluding hydrogens is 338 g/mol. The monoisotopic (exact) mass is 365 g/mol. The number of nitrogens with one attached hydrogen (secondary N) is 1. The van der Waals surface area contributed by atoms with Gasteiger partial charge in [0, 0.05) is 42.9 Å². The molecule has 2 aromatic rings. The van der Waals surface area contributed by atoms with E-state index in [1.54, 1.807) is 0 Å². The van der Waals surface area contributed by atoms with E-state index in [0.717, 1.165) is 42.8 Å². The van der Waals surface area contributed by atoms with Crippen molar-refractivity contribution >= 4 is 12.0 Å². The predicted octanol–water partition coefficient (Wildman–Crippen LogP) is 3.50. The zero-order valence-electron chi connectivity index (χ0n) is 16.3. The zero-order valence-corrected chi connectivity index (χ0v) is 16.3. The number of allylic oxidation sites excluding steroid dienone is 1. The SMILES string of the molecule is Cc1nn(C)c(C)c1[C@@H]1OCC[C@H]1CNC(=O)c1ccc2c(c1)CCC=C2. The van der Waals surface area contributed by atoms with Crippen LogP contribution in [0.1, 0.15) is 57.4 Å². The second kappa shape index (κ2) is 7.31. The molecule has 1 aliphatic heterocycles. The molecule has 1 N–H and O–H groups in total. The average Bonchev–Trinajstić information content (AvgIpc) is 3.23. The number of nitrogens with zero attached hydrogens (tertiary/aromatic N) is 2. The van der Waals surface area contributed by atoms with Crippen LogP contribution in [0.25, 0.3) is 6.08 Å². The molecule has 1 aromatic carbocycles. The highest BCUT2D eigenvalue weighted by atomic mass is 16.5. The van der Waals surface area contributed by atoms with Gasteiger partial charge in [-0.2, -0.15) is 5.10 Å². The van der Waals surface area contributed by atoms with Crippen molar-refractivity contribution in [2.45, 2.75) is 39.2 Å². The molecule has 1 aromatic heterocycles. The van der Waals surface area contributed by atoms with Gasteiger partial charge in [-0.05, 0) is 56.4 Å². The topological polar surface area (TPSA) is 56.1 Å². The Balaban J connectivity index is 1.45. The van der Waals surface area contributed by atoms with Crippen LogP contribution in [0.4, 0.5) is 0 Å². The molecule has 27 heavy (non-hydrogen) atoms. The van der Waals surface area contributed by atoms with Crippen molar-refractivity contribution in [3.8, 4) is 0 Å². The maximum atomic E-state index is 12.7. The van der Waals surface area contributed by atoms with E-state index in [9.17, 15) is 4.79 Å². The van der Waals surface area contributed by atoms with Crippen molar-refractivity contribution in [2.24, 2.45) is 13.0 Å². The van der Waals surface area contributed by atoms with Gasteiger partial charge in [0.25, 0.3) is 5.91 Å². The van der Waals surface area contributed by atoms with Gasteiger partial charge in [0.2, 0.25) is 0 Å². The van der Waals surface area contributed by atoms with Gasteiger partial charge in [-0.15, -0.1) is 0 Å². The fourth-order valence-electron chi connectivity index (χ4n) is 4.26. The van der Waals surface area contributed by atoms with Gasteiger partial charge in [-0.1, -0.05) is 18.2 Å². The molecule has 1 saturated heterocycles. The molecule has 1 amide bonds. The largest absolute Gasteiger partial charge is 0.373 e. The lowest BCUT2D eigenvalue weighted by Crippen LogP contribution is -2.31. The molecule has 4 rings (SSSR count). The minimum absolute atomic E-state index is 0.00219. The molecule has 142 valence electrons. The molecule has 2 heterocycles. The third-order valence-electron chi connectivity index (χ3n) is 5.87. The first-order valence-corrected chi connectivity index (χ1v) is 9.74. The minimum atomic E-state index is -0.00219. The fraction of sp³-hybridized carbons (Fsp3) is 0.455. The zero-order chi connectivity index (χ0) is 19.0. The van der Waals surface area contributed by atoms with E-state index < -0.39 is 0 Å². The summed E-state index contributed by atoms with van der Waals surface area (Å²) in [6.45, 7) is 5.45. The number of hydrogen-bond donors (Lipinski definition) is 1. The van der Waals surface area contributed by atoms with Crippen molar-refractivity contribution in [1.82, 2.24) is 15.1 Å². The van der Waals surface area contributed by atoms with Crippen LogP contribution in [0.3, 0.4) is 0 Å². The molecule has 0 spiro atoms. The number of benzene rings is 1. The summed E-state index contributed by atoms with van der Waals surface area (Å²) in [6.07, 6.45) is 7.33. The van der Waals surface area contributed by atoms with Crippen LogP contribution in [0.5, 0.6) is 0 Å². The lowest BCUT2D eigenvalue weighted by molar-refractivity contribution is 0.0840. The van der Waals surface area contributed by atoms with E-state index in [2.05, 4.69) is 29.5 Å². The highest BCUT2D eigenvalue weighted by Gasteiger charge is 2.33. The van der Waals surface area contributed by atoms with Crippen LogP contribution in [0.15, 0.2) is 24.3 Å². The summed E-state index contributed by atoms with van der Waals surface area (Å²) >= 11 is 0. The van der Waals surface area contributed by atoms with E-state index in [1.165, 1.54) is 16.7 Å². The summed E-state index contributed by atoms with van der Waals surface area (Å²) in [7, 11) is 1.96. The Morgan fingerprint density at radius 1 is 1.37 bits per heavy atom. The van der Waals surface area contributed by atoms with Crippen LogP contribution in [-0.2, 0) is 18.2 Å². The third-order valence-corrected chi connectivity index (χ3v) is 5.87. The Labute approximate surface area is 160 Å². The number of amides is 1. The molecule has 0 saturated carbocycles. The highest BCUT2D eigenvalue weighted by molar-refractivity contribution is 5.94. The second-order valence-corrected chi connectivity index (χ2v) is 7.61. The number of carbonyl (C=O) groups is 1. The summed E-state index contributed by atoms with van der Waals surface area (Å²) in [5, 5.41) is 7.65. The van der Waals surface area contributed by atoms with Crippen molar-refractivity contribution in [3.05, 3.63) is 57.9 Å². The van der Waals surface area contributed by atoms with Crippen LogP contribution in [0.2, 0.25) is 0 Å². The van der Waals surface area contributed by atoms with Gasteiger partial charge in [-0.3, -0.25) is 9.48 Å². The summed E-state index contributed by atoms with van der Waals surface area (Å²) in [4.78, 5) is 12.7. The Bertz CT molecular complexity index is 897. The smallest absolute Gasteiger partial charge is 0.251 e. The van der Waals surface area contributed by atoms with Crippen molar-refractivity contribution in [2.75, 3.05) is 13.2 Å². The maximum absolute atomic E-state index is 12.7. The van der Waals surface area contributed by atoms with Crippen LogP contribution < -0.4 is 5.32 Å². The number of ether oxygens (including phenoxy) is 1. The Morgan fingerprint density at radius 2 is 2.22 bits per heavy atom. The molecule has 2 atom stereocenters. The molecule has 2 aliphatic rings. The first-order chi connectivity index (χ1) is 13.0. The summed E-state index contributed by atoms with van der Waals surface area (Å²) in [5.74, 6) is 0.272. The Kier molecular flexibility index (Phi) is 4.87. The maximum Gasteiger partial charge on any atom is 0.251 e. The fourth-order valence-corrected chi connectivity index (χ4v) is 4.26. The van der Waals surface area contributed by atoms with Gasteiger partial charge in [0.1, 0.15) is 0 Å². The quantitative estimate of drug-likeness (QED) is 0.902. The first kappa shape index (κ1) is 18.0. The Hall–Kier alpha value is -2.40. The lowest BCUT2D eigenvalue weighted by atomic mass is 9.93. The number of aryl methyl sites for hydroxylation is 3. The number of fused-ring (bicyclic) bond motifs is 1. The lowest BCUT2D eigenvalue weighted by Gasteiger charge is -2.20. The average molecular weight is 365 g/mol. The predicted molar refractivity (Wildman–Crippen MR) is 106 cm³/mol. The summed E-state index contributed by atoms with van der Waals surface area (Å²) in [6, 6.07) is 6.00. The van der Waals surface area contributed by atoms with Crippen LogP contribution in [0, 0.1) is 19.8 Å². The molecule has 5 nitrogen and oxygen atoms in total. The Morgan fingerprint density at radius 3 is 3.00 bits per heavy atom. The van der Waals surface area contributed by atoms with E-state index >= 15 is 0 Å².